The highest BCUT2D eigenvalue weighted by Crippen LogP contribution is 2.34. The van der Waals surface area contributed by atoms with Gasteiger partial charge in [0.2, 0.25) is 0 Å². The topological polar surface area (TPSA) is 40.5 Å². The minimum Gasteiger partial charge on any atom is -0.393 e. The Morgan fingerprint density at radius 3 is 2.30 bits per heavy atom. The van der Waals surface area contributed by atoms with Gasteiger partial charge in [0, 0.05) is 0 Å². The SMILES string of the molecule is CC(O)CCC(O)C1CC1. The molecule has 0 bridgehead atoms. The summed E-state index contributed by atoms with van der Waals surface area (Å²) in [5.41, 5.74) is 0. The van der Waals surface area contributed by atoms with Gasteiger partial charge in [-0.3, -0.25) is 0 Å². The predicted molar refractivity (Wildman–Crippen MR) is 39.6 cm³/mol. The largest absolute Gasteiger partial charge is 0.393 e. The fourth-order valence-corrected chi connectivity index (χ4v) is 1.13. The molecule has 10 heavy (non-hydrogen) atoms. The molecule has 2 N–H and O–H groups in total. The van der Waals surface area contributed by atoms with Crippen LogP contribution in [0.4, 0.5) is 0 Å². The summed E-state index contributed by atoms with van der Waals surface area (Å²) in [6, 6.07) is 0. The standard InChI is InChI=1S/C8H16O2/c1-6(9)2-5-8(10)7-3-4-7/h6-10H,2-5H2,1H3. The van der Waals surface area contributed by atoms with Crippen molar-refractivity contribution < 1.29 is 10.2 Å². The zero-order chi connectivity index (χ0) is 7.56. The zero-order valence-corrected chi connectivity index (χ0v) is 6.45. The van der Waals surface area contributed by atoms with Gasteiger partial charge in [-0.25, -0.2) is 0 Å². The molecule has 0 aliphatic heterocycles. The van der Waals surface area contributed by atoms with Crippen molar-refractivity contribution in [3.8, 4) is 0 Å². The first-order valence-corrected chi connectivity index (χ1v) is 4.06. The molecule has 0 aromatic heterocycles. The summed E-state index contributed by atoms with van der Waals surface area (Å²) in [4.78, 5) is 0. The highest BCUT2D eigenvalue weighted by atomic mass is 16.3. The van der Waals surface area contributed by atoms with Gasteiger partial charge >= 0.3 is 0 Å². The molecule has 1 aliphatic carbocycles. The summed E-state index contributed by atoms with van der Waals surface area (Å²) in [7, 11) is 0. The normalized spacial score (nSPS) is 24.3. The van der Waals surface area contributed by atoms with E-state index in [0.717, 1.165) is 12.8 Å². The van der Waals surface area contributed by atoms with Crippen molar-refractivity contribution in [2.45, 2.75) is 44.8 Å². The van der Waals surface area contributed by atoms with Crippen molar-refractivity contribution in [1.82, 2.24) is 0 Å². The van der Waals surface area contributed by atoms with Gasteiger partial charge in [-0.2, -0.15) is 0 Å². The molecule has 0 amide bonds. The summed E-state index contributed by atoms with van der Waals surface area (Å²) in [6.07, 6.45) is 3.46. The number of aliphatic hydroxyl groups is 2. The highest BCUT2D eigenvalue weighted by Gasteiger charge is 2.29. The van der Waals surface area contributed by atoms with Gasteiger partial charge in [-0.1, -0.05) is 0 Å². The average Bonchev–Trinajstić information content (AvgIpc) is 2.63. The second-order valence-corrected chi connectivity index (χ2v) is 3.33. The summed E-state index contributed by atoms with van der Waals surface area (Å²) >= 11 is 0. The van der Waals surface area contributed by atoms with Gasteiger partial charge in [0.15, 0.2) is 0 Å². The number of hydrogen-bond donors (Lipinski definition) is 2. The maximum absolute atomic E-state index is 9.33. The van der Waals surface area contributed by atoms with Gasteiger partial charge < -0.3 is 10.2 Å². The van der Waals surface area contributed by atoms with E-state index < -0.39 is 0 Å². The van der Waals surface area contributed by atoms with Crippen LogP contribution < -0.4 is 0 Å². The Kier molecular flexibility index (Phi) is 2.69. The van der Waals surface area contributed by atoms with E-state index >= 15 is 0 Å². The van der Waals surface area contributed by atoms with Crippen molar-refractivity contribution in [2.24, 2.45) is 5.92 Å². The average molecular weight is 144 g/mol. The molecular weight excluding hydrogens is 128 g/mol. The molecule has 1 fully saturated rings. The fourth-order valence-electron chi connectivity index (χ4n) is 1.13. The van der Waals surface area contributed by atoms with E-state index in [4.69, 9.17) is 5.11 Å². The molecule has 0 aromatic rings. The highest BCUT2D eigenvalue weighted by molar-refractivity contribution is 4.80. The minimum absolute atomic E-state index is 0.144. The maximum atomic E-state index is 9.33. The van der Waals surface area contributed by atoms with Gasteiger partial charge in [-0.05, 0) is 38.5 Å². The lowest BCUT2D eigenvalue weighted by Gasteiger charge is -2.09. The second kappa shape index (κ2) is 3.35. The van der Waals surface area contributed by atoms with Crippen LogP contribution in [0.5, 0.6) is 0 Å². The van der Waals surface area contributed by atoms with E-state index in [1.54, 1.807) is 6.92 Å². The first-order chi connectivity index (χ1) is 4.70. The van der Waals surface area contributed by atoms with Crippen LogP contribution in [0.1, 0.15) is 32.6 Å². The maximum Gasteiger partial charge on any atom is 0.0569 e. The Labute approximate surface area is 61.9 Å². The van der Waals surface area contributed by atoms with Crippen molar-refractivity contribution in [3.63, 3.8) is 0 Å². The first-order valence-electron chi connectivity index (χ1n) is 4.06. The Bertz CT molecular complexity index is 97.4. The molecule has 2 unspecified atom stereocenters. The monoisotopic (exact) mass is 144 g/mol. The molecule has 0 spiro atoms. The van der Waals surface area contributed by atoms with Crippen LogP contribution in [0.3, 0.4) is 0 Å². The molecule has 1 aliphatic rings. The Hall–Kier alpha value is -0.0800. The second-order valence-electron chi connectivity index (χ2n) is 3.33. The lowest BCUT2D eigenvalue weighted by molar-refractivity contribution is 0.108. The minimum atomic E-state index is -0.256. The molecular formula is C8H16O2. The molecule has 0 heterocycles. The number of aliphatic hydroxyl groups excluding tert-OH is 2. The van der Waals surface area contributed by atoms with E-state index in [1.165, 1.54) is 12.8 Å². The van der Waals surface area contributed by atoms with Gasteiger partial charge in [0.25, 0.3) is 0 Å². The van der Waals surface area contributed by atoms with E-state index in [2.05, 4.69) is 0 Å². The molecule has 0 aromatic carbocycles. The molecule has 2 nitrogen and oxygen atoms in total. The summed E-state index contributed by atoms with van der Waals surface area (Å²) in [5, 5.41) is 18.2. The quantitative estimate of drug-likeness (QED) is 0.616. The third-order valence-electron chi connectivity index (χ3n) is 2.05. The lowest BCUT2D eigenvalue weighted by atomic mass is 10.1. The zero-order valence-electron chi connectivity index (χ0n) is 6.45. The van der Waals surface area contributed by atoms with Gasteiger partial charge in [0.05, 0.1) is 12.2 Å². The molecule has 2 heteroatoms. The third kappa shape index (κ3) is 2.67. The van der Waals surface area contributed by atoms with E-state index in [0.29, 0.717) is 5.92 Å². The fraction of sp³-hybridized carbons (Fsp3) is 1.00. The van der Waals surface area contributed by atoms with Crippen LogP contribution in [0.25, 0.3) is 0 Å². The van der Waals surface area contributed by atoms with Crippen LogP contribution in [0.2, 0.25) is 0 Å². The number of hydrogen-bond acceptors (Lipinski definition) is 2. The van der Waals surface area contributed by atoms with Crippen LogP contribution in [-0.2, 0) is 0 Å². The van der Waals surface area contributed by atoms with Crippen LogP contribution >= 0.6 is 0 Å². The van der Waals surface area contributed by atoms with Gasteiger partial charge in [-0.15, -0.1) is 0 Å². The van der Waals surface area contributed by atoms with E-state index in [-0.39, 0.29) is 12.2 Å². The van der Waals surface area contributed by atoms with E-state index in [9.17, 15) is 5.11 Å². The van der Waals surface area contributed by atoms with Crippen molar-refractivity contribution in [3.05, 3.63) is 0 Å². The molecule has 2 atom stereocenters. The van der Waals surface area contributed by atoms with Crippen LogP contribution in [0.15, 0.2) is 0 Å². The first kappa shape index (κ1) is 8.02. The molecule has 0 saturated heterocycles. The van der Waals surface area contributed by atoms with Crippen molar-refractivity contribution in [1.29, 1.82) is 0 Å². The summed E-state index contributed by atoms with van der Waals surface area (Å²) in [6.45, 7) is 1.76. The Balaban J connectivity index is 2.00. The van der Waals surface area contributed by atoms with E-state index in [1.807, 2.05) is 0 Å². The Morgan fingerprint density at radius 1 is 1.30 bits per heavy atom. The van der Waals surface area contributed by atoms with Crippen LogP contribution in [-0.4, -0.2) is 22.4 Å². The van der Waals surface area contributed by atoms with Gasteiger partial charge in [0.1, 0.15) is 0 Å². The van der Waals surface area contributed by atoms with Crippen molar-refractivity contribution >= 4 is 0 Å². The summed E-state index contributed by atoms with van der Waals surface area (Å²) < 4.78 is 0. The smallest absolute Gasteiger partial charge is 0.0569 e. The lowest BCUT2D eigenvalue weighted by Crippen LogP contribution is -2.12. The predicted octanol–water partition coefficient (Wildman–Crippen LogP) is 0.918. The molecule has 60 valence electrons. The molecule has 1 saturated carbocycles. The van der Waals surface area contributed by atoms with Crippen molar-refractivity contribution in [2.75, 3.05) is 0 Å². The summed E-state index contributed by atoms with van der Waals surface area (Å²) in [5.74, 6) is 0.554. The molecule has 1 rings (SSSR count). The third-order valence-corrected chi connectivity index (χ3v) is 2.05. The Morgan fingerprint density at radius 2 is 1.90 bits per heavy atom. The number of rotatable bonds is 4. The molecule has 0 radical (unpaired) electrons. The van der Waals surface area contributed by atoms with Crippen LogP contribution in [0, 0.1) is 5.92 Å².